The summed E-state index contributed by atoms with van der Waals surface area (Å²) in [7, 11) is 0. The zero-order chi connectivity index (χ0) is 22.0. The molecule has 0 unspecified atom stereocenters. The van der Waals surface area contributed by atoms with Gasteiger partial charge in [-0.25, -0.2) is 9.67 Å². The molecule has 2 aromatic carbocycles. The van der Waals surface area contributed by atoms with Crippen LogP contribution in [0, 0.1) is 0 Å². The third-order valence-corrected chi connectivity index (χ3v) is 5.68. The Balaban J connectivity index is 1.55. The van der Waals surface area contributed by atoms with Crippen LogP contribution in [-0.2, 0) is 17.8 Å². The molecule has 1 N–H and O–H groups in total. The standard InChI is InChI=1S/C22H21Cl2N5O2/c1-2-18-26-21(27-29(18)20-16(23)8-4-9-17(20)24)22(31)25-15-7-3-6-14(12-15)13-28-11-5-10-19(28)30/h3-4,6-9,12H,2,5,10-11,13H2,1H3,(H,25,31). The van der Waals surface area contributed by atoms with E-state index in [4.69, 9.17) is 23.2 Å². The predicted molar refractivity (Wildman–Crippen MR) is 120 cm³/mol. The number of amides is 2. The molecule has 7 nitrogen and oxygen atoms in total. The van der Waals surface area contributed by atoms with Crippen LogP contribution in [0.2, 0.25) is 10.0 Å². The molecule has 2 heterocycles. The second-order valence-corrected chi connectivity index (χ2v) is 8.08. The number of rotatable bonds is 6. The molecule has 0 bridgehead atoms. The minimum Gasteiger partial charge on any atom is -0.338 e. The molecule has 9 heteroatoms. The molecule has 0 spiro atoms. The average Bonchev–Trinajstić information content (AvgIpc) is 3.35. The largest absolute Gasteiger partial charge is 0.338 e. The van der Waals surface area contributed by atoms with E-state index < -0.39 is 5.91 Å². The molecular weight excluding hydrogens is 437 g/mol. The van der Waals surface area contributed by atoms with Crippen molar-refractivity contribution in [3.63, 3.8) is 0 Å². The van der Waals surface area contributed by atoms with E-state index in [2.05, 4.69) is 15.4 Å². The molecule has 160 valence electrons. The number of halogens is 2. The fourth-order valence-corrected chi connectivity index (χ4v) is 4.12. The smallest absolute Gasteiger partial charge is 0.295 e. The van der Waals surface area contributed by atoms with Gasteiger partial charge in [0.2, 0.25) is 11.7 Å². The highest BCUT2D eigenvalue weighted by Crippen LogP contribution is 2.29. The van der Waals surface area contributed by atoms with E-state index in [0.717, 1.165) is 18.5 Å². The number of aryl methyl sites for hydroxylation is 1. The normalized spacial score (nSPS) is 13.6. The number of carbonyl (C=O) groups excluding carboxylic acids is 2. The molecule has 0 radical (unpaired) electrons. The maximum atomic E-state index is 12.8. The van der Waals surface area contributed by atoms with Crippen LogP contribution >= 0.6 is 23.2 Å². The van der Waals surface area contributed by atoms with Crippen molar-refractivity contribution in [2.75, 3.05) is 11.9 Å². The maximum absolute atomic E-state index is 12.8. The Kier molecular flexibility index (Phi) is 6.25. The van der Waals surface area contributed by atoms with Crippen molar-refractivity contribution in [1.29, 1.82) is 0 Å². The van der Waals surface area contributed by atoms with Crippen molar-refractivity contribution in [1.82, 2.24) is 19.7 Å². The summed E-state index contributed by atoms with van der Waals surface area (Å²) in [5.41, 5.74) is 2.05. The van der Waals surface area contributed by atoms with Crippen molar-refractivity contribution >= 4 is 40.7 Å². The Labute approximate surface area is 190 Å². The van der Waals surface area contributed by atoms with Gasteiger partial charge in [-0.15, -0.1) is 5.10 Å². The van der Waals surface area contributed by atoms with Gasteiger partial charge in [0.15, 0.2) is 0 Å². The first kappa shape index (κ1) is 21.3. The molecule has 0 atom stereocenters. The van der Waals surface area contributed by atoms with Gasteiger partial charge >= 0.3 is 0 Å². The minimum atomic E-state index is -0.439. The number of hydrogen-bond acceptors (Lipinski definition) is 4. The lowest BCUT2D eigenvalue weighted by molar-refractivity contribution is -0.128. The van der Waals surface area contributed by atoms with Gasteiger partial charge in [-0.05, 0) is 36.2 Å². The van der Waals surface area contributed by atoms with E-state index >= 15 is 0 Å². The van der Waals surface area contributed by atoms with E-state index in [0.29, 0.717) is 46.6 Å². The number of anilines is 1. The number of nitrogens with one attached hydrogen (secondary N) is 1. The van der Waals surface area contributed by atoms with Crippen molar-refractivity contribution in [3.8, 4) is 5.69 Å². The molecule has 1 aliphatic heterocycles. The zero-order valence-electron chi connectivity index (χ0n) is 16.9. The lowest BCUT2D eigenvalue weighted by Crippen LogP contribution is -2.23. The van der Waals surface area contributed by atoms with Gasteiger partial charge in [0.25, 0.3) is 5.91 Å². The van der Waals surface area contributed by atoms with Crippen molar-refractivity contribution in [2.24, 2.45) is 0 Å². The fourth-order valence-electron chi connectivity index (χ4n) is 3.57. The second kappa shape index (κ2) is 9.08. The lowest BCUT2D eigenvalue weighted by Gasteiger charge is -2.16. The summed E-state index contributed by atoms with van der Waals surface area (Å²) in [5, 5.41) is 8.03. The number of para-hydroxylation sites is 1. The molecule has 1 fully saturated rings. The van der Waals surface area contributed by atoms with Crippen LogP contribution in [0.25, 0.3) is 5.69 Å². The van der Waals surface area contributed by atoms with E-state index in [-0.39, 0.29) is 11.7 Å². The molecule has 31 heavy (non-hydrogen) atoms. The monoisotopic (exact) mass is 457 g/mol. The summed E-state index contributed by atoms with van der Waals surface area (Å²) in [6.07, 6.45) is 2.03. The molecule has 1 aliphatic rings. The first-order chi connectivity index (χ1) is 15.0. The minimum absolute atomic E-state index is 0.0213. The quantitative estimate of drug-likeness (QED) is 0.590. The van der Waals surface area contributed by atoms with Gasteiger partial charge in [0, 0.05) is 31.6 Å². The van der Waals surface area contributed by atoms with Crippen LogP contribution in [0.1, 0.15) is 41.8 Å². The van der Waals surface area contributed by atoms with Crippen molar-refractivity contribution in [2.45, 2.75) is 32.7 Å². The number of nitrogens with zero attached hydrogens (tertiary/aromatic N) is 4. The Morgan fingerprint density at radius 1 is 1.16 bits per heavy atom. The van der Waals surface area contributed by atoms with Crippen molar-refractivity contribution in [3.05, 3.63) is 69.7 Å². The molecule has 1 aromatic heterocycles. The summed E-state index contributed by atoms with van der Waals surface area (Å²) in [6.45, 7) is 3.21. The molecule has 3 aromatic rings. The summed E-state index contributed by atoms with van der Waals surface area (Å²) in [4.78, 5) is 30.9. The number of aromatic nitrogens is 3. The Morgan fingerprint density at radius 3 is 2.58 bits per heavy atom. The maximum Gasteiger partial charge on any atom is 0.295 e. The molecule has 4 rings (SSSR count). The van der Waals surface area contributed by atoms with E-state index in [1.54, 1.807) is 24.3 Å². The topological polar surface area (TPSA) is 80.1 Å². The van der Waals surface area contributed by atoms with Gasteiger partial charge < -0.3 is 10.2 Å². The summed E-state index contributed by atoms with van der Waals surface area (Å²) < 4.78 is 1.51. The van der Waals surface area contributed by atoms with Gasteiger partial charge in [0.05, 0.1) is 10.0 Å². The van der Waals surface area contributed by atoms with Gasteiger partial charge in [-0.1, -0.05) is 48.3 Å². The highest BCUT2D eigenvalue weighted by atomic mass is 35.5. The number of likely N-dealkylation sites (tertiary alicyclic amines) is 1. The fraction of sp³-hybridized carbons (Fsp3) is 0.273. The summed E-state index contributed by atoms with van der Waals surface area (Å²) >= 11 is 12.6. The van der Waals surface area contributed by atoms with Crippen LogP contribution in [0.3, 0.4) is 0 Å². The van der Waals surface area contributed by atoms with E-state index in [1.807, 2.05) is 30.0 Å². The van der Waals surface area contributed by atoms with Gasteiger partial charge in [-0.3, -0.25) is 9.59 Å². The highest BCUT2D eigenvalue weighted by Gasteiger charge is 2.21. The highest BCUT2D eigenvalue weighted by molar-refractivity contribution is 6.37. The van der Waals surface area contributed by atoms with Crippen molar-refractivity contribution < 1.29 is 9.59 Å². The Morgan fingerprint density at radius 2 is 1.90 bits per heavy atom. The van der Waals surface area contributed by atoms with Crippen LogP contribution in [0.5, 0.6) is 0 Å². The number of carbonyl (C=O) groups is 2. The Hall–Kier alpha value is -2.90. The molecule has 0 aliphatic carbocycles. The van der Waals surface area contributed by atoms with Crippen LogP contribution < -0.4 is 5.32 Å². The van der Waals surface area contributed by atoms with Gasteiger partial charge in [-0.2, -0.15) is 0 Å². The summed E-state index contributed by atoms with van der Waals surface area (Å²) in [6, 6.07) is 12.6. The van der Waals surface area contributed by atoms with Crippen LogP contribution in [-0.4, -0.2) is 38.0 Å². The lowest BCUT2D eigenvalue weighted by atomic mass is 10.2. The number of benzene rings is 2. The Bertz CT molecular complexity index is 1120. The van der Waals surface area contributed by atoms with Crippen LogP contribution in [0.15, 0.2) is 42.5 Å². The molecule has 0 saturated carbocycles. The second-order valence-electron chi connectivity index (χ2n) is 7.26. The SMILES string of the molecule is CCc1nc(C(=O)Nc2cccc(CN3CCCC3=O)c2)nn1-c1c(Cl)cccc1Cl. The predicted octanol–water partition coefficient (Wildman–Crippen LogP) is 4.51. The number of hydrogen-bond donors (Lipinski definition) is 1. The van der Waals surface area contributed by atoms with E-state index in [1.165, 1.54) is 4.68 Å². The third-order valence-electron chi connectivity index (χ3n) is 5.07. The van der Waals surface area contributed by atoms with Crippen LogP contribution in [0.4, 0.5) is 5.69 Å². The zero-order valence-corrected chi connectivity index (χ0v) is 18.5. The molecule has 1 saturated heterocycles. The first-order valence-corrected chi connectivity index (χ1v) is 10.8. The summed E-state index contributed by atoms with van der Waals surface area (Å²) in [5.74, 6) is 0.315. The third kappa shape index (κ3) is 4.57. The van der Waals surface area contributed by atoms with E-state index in [9.17, 15) is 9.59 Å². The molecular formula is C22H21Cl2N5O2. The molecule has 2 amide bonds. The first-order valence-electron chi connectivity index (χ1n) is 10.0. The van der Waals surface area contributed by atoms with Gasteiger partial charge in [0.1, 0.15) is 11.5 Å². The average molecular weight is 458 g/mol.